The van der Waals surface area contributed by atoms with E-state index >= 15 is 0 Å². The van der Waals surface area contributed by atoms with Crippen LogP contribution in [-0.2, 0) is 131 Å². The van der Waals surface area contributed by atoms with E-state index in [2.05, 4.69) is 68.5 Å². The number of hydrogen-bond acceptors (Lipinski definition) is 27. The summed E-state index contributed by atoms with van der Waals surface area (Å²) in [6.07, 6.45) is 5.29. The first kappa shape index (κ1) is 116. The smallest absolute Gasteiger partial charge is 0.355 e. The molecule has 6 aromatic rings. The second-order valence-electron chi connectivity index (χ2n) is 35.3. The molecule has 0 saturated carbocycles. The van der Waals surface area contributed by atoms with Gasteiger partial charge >= 0.3 is 47.9 Å². The monoisotopic (exact) mass is 2060 g/mol. The Morgan fingerprint density at radius 2 is 1.09 bits per heavy atom. The van der Waals surface area contributed by atoms with Crippen molar-refractivity contribution >= 4 is 133 Å². The van der Waals surface area contributed by atoms with Crippen LogP contribution < -0.4 is 74.1 Å². The van der Waals surface area contributed by atoms with Gasteiger partial charge in [-0.15, -0.1) is 0 Å². The Morgan fingerprint density at radius 1 is 0.521 bits per heavy atom. The SMILES string of the molecule is CCCNC(=O)Nc1cccc(S(=O)(=O)Nc2cccc(C(CC(=O)O)NC(=O)Nc3ccc(NC(=O)NCCOCCOCCOCCC(=O)NC(CCCCNC(=O)CCCC(=O)NCCOCCOCCOCCC(=O)NC(CC(=O)O)C(=O)N4CCCC4C(=O)NC(C(=O)OC4(CC)C(=O)OCc5c4cc4n(c5=O)Cc5c-4nc4ccccc4c5CC)C(C)C)C(=O)NCCCCCCCC(=O)O)cc3)c2)c1. The Hall–Kier alpha value is -13.8. The molecule has 0 spiro atoms. The zero-order chi connectivity index (χ0) is 106. The minimum Gasteiger partial charge on any atom is -0.481 e. The highest BCUT2D eigenvalue weighted by Gasteiger charge is 2.52. The van der Waals surface area contributed by atoms with Gasteiger partial charge in [-0.2, -0.15) is 0 Å². The van der Waals surface area contributed by atoms with Gasteiger partial charge in [-0.25, -0.2) is 37.4 Å². The summed E-state index contributed by atoms with van der Waals surface area (Å²) >= 11 is 0. The predicted octanol–water partition coefficient (Wildman–Crippen LogP) is 7.25. The summed E-state index contributed by atoms with van der Waals surface area (Å²) in [4.78, 5) is 215. The number of cyclic esters (lactones) is 1. The second kappa shape index (κ2) is 60.2. The van der Waals surface area contributed by atoms with Gasteiger partial charge in [0.25, 0.3) is 15.6 Å². The van der Waals surface area contributed by atoms with Crippen molar-refractivity contribution in [1.82, 2.24) is 62.3 Å². The zero-order valence-corrected chi connectivity index (χ0v) is 83.8. The highest BCUT2D eigenvalue weighted by molar-refractivity contribution is 7.92. The number of esters is 2. The first-order valence-corrected chi connectivity index (χ1v) is 50.9. The van der Waals surface area contributed by atoms with E-state index in [0.717, 1.165) is 41.3 Å². The maximum Gasteiger partial charge on any atom is 0.355 e. The van der Waals surface area contributed by atoms with Gasteiger partial charge in [0.15, 0.2) is 0 Å². The van der Waals surface area contributed by atoms with Gasteiger partial charge in [0.05, 0.1) is 132 Å². The molecular weight excluding hydrogens is 1920 g/mol. The van der Waals surface area contributed by atoms with Crippen LogP contribution in [0.4, 0.5) is 37.1 Å². The number of carbonyl (C=O) groups is 15. The molecule has 1 fully saturated rings. The Balaban J connectivity index is 0.576. The number of carboxylic acids is 3. The van der Waals surface area contributed by atoms with Crippen LogP contribution in [0, 0.1) is 5.92 Å². The number of aromatic nitrogens is 2. The lowest BCUT2D eigenvalue weighted by Gasteiger charge is -2.37. The van der Waals surface area contributed by atoms with Crippen molar-refractivity contribution in [3.63, 3.8) is 0 Å². The molecule has 16 N–H and O–H groups in total. The van der Waals surface area contributed by atoms with Gasteiger partial charge in [-0.1, -0.05) is 90.3 Å². The Morgan fingerprint density at radius 3 is 1.72 bits per heavy atom. The van der Waals surface area contributed by atoms with E-state index in [4.69, 9.17) is 48.0 Å². The molecule has 13 amide bonds. The molecular formula is C100H136N16O29S. The molecule has 0 aliphatic carbocycles. The van der Waals surface area contributed by atoms with Crippen molar-refractivity contribution in [2.45, 2.75) is 223 Å². The van der Waals surface area contributed by atoms with Gasteiger partial charge in [0.1, 0.15) is 30.8 Å². The number of carboxylic acid groups (broad SMARTS) is 3. The number of urea groups is 3. The maximum atomic E-state index is 14.5. The number of anilines is 4. The largest absolute Gasteiger partial charge is 0.481 e. The lowest BCUT2D eigenvalue weighted by atomic mass is 9.85. The number of aliphatic carboxylic acids is 3. The molecule has 46 heteroatoms. The van der Waals surface area contributed by atoms with Crippen LogP contribution >= 0.6 is 0 Å². The number of amides is 13. The number of rotatable bonds is 66. The van der Waals surface area contributed by atoms with Crippen LogP contribution in [0.1, 0.15) is 197 Å². The quantitative estimate of drug-likeness (QED) is 0.0132. The molecule has 0 bridgehead atoms. The van der Waals surface area contributed by atoms with E-state index in [1.807, 2.05) is 38.1 Å². The molecule has 3 aliphatic rings. The van der Waals surface area contributed by atoms with Gasteiger partial charge in [0, 0.05) is 111 Å². The number of para-hydroxylation sites is 1. The van der Waals surface area contributed by atoms with Crippen molar-refractivity contribution in [3.8, 4) is 11.4 Å². The van der Waals surface area contributed by atoms with E-state index in [0.29, 0.717) is 80.8 Å². The Labute approximate surface area is 845 Å². The van der Waals surface area contributed by atoms with Gasteiger partial charge in [-0.05, 0) is 154 Å². The first-order valence-electron chi connectivity index (χ1n) is 49.4. The topological polar surface area (TPSA) is 619 Å². The molecule has 4 aromatic carbocycles. The third-order valence-electron chi connectivity index (χ3n) is 24.0. The number of ether oxygens (including phenoxy) is 8. The minimum atomic E-state index is -4.19. The molecule has 5 heterocycles. The normalized spacial score (nSPS) is 14.8. The summed E-state index contributed by atoms with van der Waals surface area (Å²) in [5, 5.41) is 61.6. The number of aryl methyl sites for hydroxylation is 1. The number of fused-ring (bicyclic) bond motifs is 5. The maximum absolute atomic E-state index is 14.5. The van der Waals surface area contributed by atoms with E-state index in [1.54, 1.807) is 31.4 Å². The summed E-state index contributed by atoms with van der Waals surface area (Å²) in [5.41, 5.74) is 2.66. The number of pyridine rings is 2. The highest BCUT2D eigenvalue weighted by atomic mass is 32.2. The van der Waals surface area contributed by atoms with Gasteiger partial charge in [-0.3, -0.25) is 57.5 Å². The predicted molar refractivity (Wildman–Crippen MR) is 533 cm³/mol. The number of nitrogens with zero attached hydrogens (tertiary/aromatic N) is 3. The molecule has 45 nitrogen and oxygen atoms in total. The van der Waals surface area contributed by atoms with Crippen LogP contribution in [0.15, 0.2) is 113 Å². The summed E-state index contributed by atoms with van der Waals surface area (Å²) in [6.45, 7) is 11.6. The van der Waals surface area contributed by atoms with Gasteiger partial charge < -0.3 is 126 Å². The Kier molecular flexibility index (Phi) is 47.7. The second-order valence-corrected chi connectivity index (χ2v) is 37.0. The highest BCUT2D eigenvalue weighted by Crippen LogP contribution is 2.43. The van der Waals surface area contributed by atoms with Crippen LogP contribution in [0.25, 0.3) is 22.3 Å². The van der Waals surface area contributed by atoms with Crippen molar-refractivity contribution in [1.29, 1.82) is 0 Å². The van der Waals surface area contributed by atoms with E-state index in [1.165, 1.54) is 77.7 Å². The Bertz CT molecular complexity index is 5650. The van der Waals surface area contributed by atoms with Crippen LogP contribution in [0.2, 0.25) is 0 Å². The molecule has 1 saturated heterocycles. The van der Waals surface area contributed by atoms with Crippen molar-refractivity contribution in [2.24, 2.45) is 5.92 Å². The molecule has 0 radical (unpaired) electrons. The third-order valence-corrected chi connectivity index (χ3v) is 25.4. The fourth-order valence-electron chi connectivity index (χ4n) is 16.6. The summed E-state index contributed by atoms with van der Waals surface area (Å²) < 4.78 is 75.9. The molecule has 6 unspecified atom stereocenters. The number of sulfonamides is 1. The van der Waals surface area contributed by atoms with E-state index in [-0.39, 0.29) is 227 Å². The van der Waals surface area contributed by atoms with Gasteiger partial charge in [0.2, 0.25) is 47.0 Å². The molecule has 6 atom stereocenters. The summed E-state index contributed by atoms with van der Waals surface area (Å²) in [7, 11) is -4.19. The van der Waals surface area contributed by atoms with E-state index in [9.17, 15) is 95.3 Å². The molecule has 146 heavy (non-hydrogen) atoms. The van der Waals surface area contributed by atoms with E-state index < -0.39 is 142 Å². The number of benzene rings is 4. The first-order chi connectivity index (χ1) is 70.2. The summed E-state index contributed by atoms with van der Waals surface area (Å²) in [5.74, 6) is -9.69. The fraction of sp³-hybridized carbons (Fsp3) is 0.530. The standard InChI is InChI=1S/C100H136N16O29S/c1-6-39-104-97(133)108-68-23-19-25-70(58-68)146(136,137)114-69-24-18-22-65(57-69)78(60-87(123)124)112-99(135)107-67-35-33-66(34-36-67)106-98(134)105-43-48-141-52-56-143-53-49-138-45-37-84(119)109-77(91(127)103-41-16-11-9-10-12-32-86(121)122)28-15-17-40-101-82(117)30-20-31-83(118)102-42-47-140-51-55-142-54-50-139-46-38-85(120)110-79(61-88(125)126)94(130)115-44-21-29-80(115)92(128)113-89(64(4)5)95(131)145-100(8-3)75-59-81-90-73(62-116(81)93(129)74(75)63-144-96(100)132)71(7-2)72-26-13-14-27-76(72)111-90/h13-14,18-19,22-27,33-36,57-59,64,77-80,89,114H,6-12,15-17,20-21,28-32,37-56,60-63H2,1-5H3,(H,101,117)(H,102,118)(H,103,127)(H,109,119)(H,110,120)(H,113,128)(H,121,122)(H,123,124)(H,125,126)(H2,104,108,133)(H2,105,106,134)(H2,107,112,135). The van der Waals surface area contributed by atoms with Crippen LogP contribution in [0.3, 0.4) is 0 Å². The fourth-order valence-corrected chi connectivity index (χ4v) is 17.7. The number of hydrogen-bond donors (Lipinski definition) is 16. The van der Waals surface area contributed by atoms with Crippen molar-refractivity contribution in [2.75, 3.05) is 139 Å². The number of likely N-dealkylation sites (tertiary alicyclic amines) is 1. The average molecular weight is 2060 g/mol. The van der Waals surface area contributed by atoms with Crippen LogP contribution in [-0.4, -0.2) is 270 Å². The molecule has 796 valence electrons. The average Bonchev–Trinajstić information content (AvgIpc) is 1.53. The lowest BCUT2D eigenvalue weighted by Crippen LogP contribution is -2.57. The number of nitrogens with one attached hydrogen (secondary N) is 13. The third kappa shape index (κ3) is 37.0. The number of unbranched alkanes of at least 4 members (excludes halogenated alkanes) is 5. The van der Waals surface area contributed by atoms with Crippen molar-refractivity contribution < 1.29 is 134 Å². The molecule has 9 rings (SSSR count). The number of carbonyl (C=O) groups excluding carboxylic acids is 12. The lowest BCUT2D eigenvalue weighted by molar-refractivity contribution is -0.191. The van der Waals surface area contributed by atoms with Crippen molar-refractivity contribution in [3.05, 3.63) is 141 Å². The molecule has 2 aromatic heterocycles. The van der Waals surface area contributed by atoms with Crippen LogP contribution in [0.5, 0.6) is 0 Å². The summed E-state index contributed by atoms with van der Waals surface area (Å²) in [6, 6.07) is 18.9. The molecule has 3 aliphatic heterocycles. The zero-order valence-electron chi connectivity index (χ0n) is 83.0. The minimum absolute atomic E-state index is 0.0293.